The van der Waals surface area contributed by atoms with E-state index in [0.29, 0.717) is 6.54 Å². The van der Waals surface area contributed by atoms with Crippen LogP contribution in [-0.2, 0) is 0 Å². The number of carbonyl (C=O) groups excluding carboxylic acids is 1. The SMILES string of the molecule is CCN(CC)CCNC(=O)c1coc(C(N)C(C)O)n1. The second-order valence-corrected chi connectivity index (χ2v) is 4.62. The molecule has 1 aromatic heterocycles. The Morgan fingerprint density at radius 1 is 1.55 bits per heavy atom. The fourth-order valence-electron chi connectivity index (χ4n) is 1.71. The topological polar surface area (TPSA) is 105 Å². The van der Waals surface area contributed by atoms with Gasteiger partial charge in [-0.3, -0.25) is 4.79 Å². The number of aromatic nitrogens is 1. The van der Waals surface area contributed by atoms with Crippen LogP contribution in [0.1, 0.15) is 43.2 Å². The normalized spacial score (nSPS) is 14.3. The van der Waals surface area contributed by atoms with Gasteiger partial charge in [0.2, 0.25) is 5.89 Å². The molecule has 0 fully saturated rings. The fraction of sp³-hybridized carbons (Fsp3) is 0.692. The number of hydrogen-bond acceptors (Lipinski definition) is 6. The van der Waals surface area contributed by atoms with Crippen LogP contribution in [-0.4, -0.2) is 53.2 Å². The number of nitrogens with one attached hydrogen (secondary N) is 1. The van der Waals surface area contributed by atoms with Gasteiger partial charge in [0.15, 0.2) is 5.69 Å². The van der Waals surface area contributed by atoms with Crippen molar-refractivity contribution in [2.45, 2.75) is 32.9 Å². The molecule has 0 aromatic carbocycles. The predicted octanol–water partition coefficient (Wildman–Crippen LogP) is 0.127. The summed E-state index contributed by atoms with van der Waals surface area (Å²) in [6, 6.07) is -0.729. The highest BCUT2D eigenvalue weighted by atomic mass is 16.3. The summed E-state index contributed by atoms with van der Waals surface area (Å²) in [5.41, 5.74) is 5.86. The van der Waals surface area contributed by atoms with Gasteiger partial charge in [0.1, 0.15) is 12.3 Å². The summed E-state index contributed by atoms with van der Waals surface area (Å²) < 4.78 is 5.11. The lowest BCUT2D eigenvalue weighted by Crippen LogP contribution is -2.35. The Kier molecular flexibility index (Phi) is 6.63. The fourth-order valence-corrected chi connectivity index (χ4v) is 1.71. The number of amides is 1. The van der Waals surface area contributed by atoms with Crippen LogP contribution in [0.15, 0.2) is 10.7 Å². The Morgan fingerprint density at radius 2 is 2.20 bits per heavy atom. The summed E-state index contributed by atoms with van der Waals surface area (Å²) in [4.78, 5) is 18.1. The number of hydrogen-bond donors (Lipinski definition) is 3. The van der Waals surface area contributed by atoms with Gasteiger partial charge in [-0.05, 0) is 20.0 Å². The average Bonchev–Trinajstić information content (AvgIpc) is 2.92. The van der Waals surface area contributed by atoms with Crippen molar-refractivity contribution in [3.8, 4) is 0 Å². The maximum Gasteiger partial charge on any atom is 0.273 e. The van der Waals surface area contributed by atoms with E-state index < -0.39 is 12.1 Å². The third kappa shape index (κ3) is 4.59. The first-order valence-electron chi connectivity index (χ1n) is 6.89. The van der Waals surface area contributed by atoms with Gasteiger partial charge in [0.25, 0.3) is 5.91 Å². The predicted molar refractivity (Wildman–Crippen MR) is 75.2 cm³/mol. The van der Waals surface area contributed by atoms with E-state index in [0.717, 1.165) is 19.6 Å². The summed E-state index contributed by atoms with van der Waals surface area (Å²) in [6.45, 7) is 8.92. The molecule has 1 rings (SSSR count). The number of carbonyl (C=O) groups is 1. The molecule has 2 atom stereocenters. The molecule has 0 aliphatic heterocycles. The van der Waals surface area contributed by atoms with Gasteiger partial charge in [-0.1, -0.05) is 13.8 Å². The van der Waals surface area contributed by atoms with Crippen LogP contribution in [0.25, 0.3) is 0 Å². The summed E-state index contributed by atoms with van der Waals surface area (Å²) in [5, 5.41) is 12.1. The molecule has 0 saturated carbocycles. The van der Waals surface area contributed by atoms with Crippen molar-refractivity contribution in [3.05, 3.63) is 17.8 Å². The largest absolute Gasteiger partial charge is 0.446 e. The lowest BCUT2D eigenvalue weighted by atomic mass is 10.2. The van der Waals surface area contributed by atoms with Crippen LogP contribution >= 0.6 is 0 Å². The minimum absolute atomic E-state index is 0.161. The first kappa shape index (κ1) is 16.6. The van der Waals surface area contributed by atoms with Crippen molar-refractivity contribution in [3.63, 3.8) is 0 Å². The van der Waals surface area contributed by atoms with Gasteiger partial charge in [-0.25, -0.2) is 4.98 Å². The number of nitrogens with zero attached hydrogens (tertiary/aromatic N) is 2. The Hall–Kier alpha value is -1.44. The van der Waals surface area contributed by atoms with Crippen molar-refractivity contribution < 1.29 is 14.3 Å². The van der Waals surface area contributed by atoms with Crippen molar-refractivity contribution >= 4 is 5.91 Å². The Labute approximate surface area is 119 Å². The monoisotopic (exact) mass is 284 g/mol. The van der Waals surface area contributed by atoms with Crippen LogP contribution in [0.2, 0.25) is 0 Å². The smallest absolute Gasteiger partial charge is 0.273 e. The minimum atomic E-state index is -0.785. The molecule has 114 valence electrons. The summed E-state index contributed by atoms with van der Waals surface area (Å²) in [5.74, 6) is -0.140. The third-order valence-electron chi connectivity index (χ3n) is 3.17. The van der Waals surface area contributed by atoms with Gasteiger partial charge in [0.05, 0.1) is 6.10 Å². The molecular weight excluding hydrogens is 260 g/mol. The zero-order chi connectivity index (χ0) is 15.1. The van der Waals surface area contributed by atoms with Gasteiger partial charge in [-0.2, -0.15) is 0 Å². The summed E-state index contributed by atoms with van der Waals surface area (Å²) >= 11 is 0. The summed E-state index contributed by atoms with van der Waals surface area (Å²) in [6.07, 6.45) is 0.469. The summed E-state index contributed by atoms with van der Waals surface area (Å²) in [7, 11) is 0. The molecular formula is C13H24N4O3. The quantitative estimate of drug-likeness (QED) is 0.626. The lowest BCUT2D eigenvalue weighted by Gasteiger charge is -2.17. The molecule has 0 radical (unpaired) electrons. The van der Waals surface area contributed by atoms with Gasteiger partial charge >= 0.3 is 0 Å². The first-order chi connectivity index (χ1) is 9.49. The molecule has 1 heterocycles. The molecule has 7 nitrogen and oxygen atoms in total. The zero-order valence-electron chi connectivity index (χ0n) is 12.3. The molecule has 0 aliphatic rings. The number of nitrogens with two attached hydrogens (primary N) is 1. The third-order valence-corrected chi connectivity index (χ3v) is 3.17. The van der Waals surface area contributed by atoms with Crippen molar-refractivity contribution in [2.24, 2.45) is 5.73 Å². The molecule has 1 amide bonds. The molecule has 0 spiro atoms. The van der Waals surface area contributed by atoms with Crippen molar-refractivity contribution in [1.82, 2.24) is 15.2 Å². The second kappa shape index (κ2) is 7.98. The van der Waals surface area contributed by atoms with Gasteiger partial charge in [0, 0.05) is 13.1 Å². The highest BCUT2D eigenvalue weighted by molar-refractivity contribution is 5.91. The Morgan fingerprint density at radius 3 is 2.75 bits per heavy atom. The van der Waals surface area contributed by atoms with Gasteiger partial charge in [-0.15, -0.1) is 0 Å². The van der Waals surface area contributed by atoms with E-state index in [-0.39, 0.29) is 17.5 Å². The standard InChI is InChI=1S/C13H24N4O3/c1-4-17(5-2)7-6-15-12(19)10-8-20-13(16-10)11(14)9(3)18/h8-9,11,18H,4-7,14H2,1-3H3,(H,15,19). The lowest BCUT2D eigenvalue weighted by molar-refractivity contribution is 0.0943. The van der Waals surface area contributed by atoms with Crippen molar-refractivity contribution in [2.75, 3.05) is 26.2 Å². The number of aliphatic hydroxyl groups is 1. The number of aliphatic hydroxyl groups excluding tert-OH is 1. The van der Waals surface area contributed by atoms with Crippen LogP contribution in [0, 0.1) is 0 Å². The Balaban J connectivity index is 2.48. The highest BCUT2D eigenvalue weighted by Crippen LogP contribution is 2.13. The molecule has 20 heavy (non-hydrogen) atoms. The second-order valence-electron chi connectivity index (χ2n) is 4.62. The molecule has 4 N–H and O–H groups in total. The minimum Gasteiger partial charge on any atom is -0.446 e. The number of oxazole rings is 1. The molecule has 0 bridgehead atoms. The number of rotatable bonds is 8. The van der Waals surface area contributed by atoms with Crippen LogP contribution in [0.4, 0.5) is 0 Å². The maximum atomic E-state index is 11.9. The van der Waals surface area contributed by atoms with Crippen molar-refractivity contribution in [1.29, 1.82) is 0 Å². The number of likely N-dealkylation sites (N-methyl/N-ethyl adjacent to an activating group) is 1. The van der Waals surface area contributed by atoms with E-state index in [1.807, 2.05) is 0 Å². The van der Waals surface area contributed by atoms with Gasteiger partial charge < -0.3 is 25.5 Å². The Bertz CT molecular complexity index is 416. The van der Waals surface area contributed by atoms with Crippen LogP contribution in [0.5, 0.6) is 0 Å². The van der Waals surface area contributed by atoms with Crippen LogP contribution in [0.3, 0.4) is 0 Å². The first-order valence-corrected chi connectivity index (χ1v) is 6.89. The maximum absolute atomic E-state index is 11.9. The zero-order valence-corrected chi connectivity index (χ0v) is 12.3. The molecule has 1 aromatic rings. The van der Waals surface area contributed by atoms with E-state index >= 15 is 0 Å². The highest BCUT2D eigenvalue weighted by Gasteiger charge is 2.20. The molecule has 0 aliphatic carbocycles. The van der Waals surface area contributed by atoms with E-state index in [9.17, 15) is 9.90 Å². The molecule has 7 heteroatoms. The molecule has 0 saturated heterocycles. The van der Waals surface area contributed by atoms with Crippen LogP contribution < -0.4 is 11.1 Å². The van der Waals surface area contributed by atoms with E-state index in [1.165, 1.54) is 6.26 Å². The van der Waals surface area contributed by atoms with E-state index in [1.54, 1.807) is 6.92 Å². The van der Waals surface area contributed by atoms with E-state index in [4.69, 9.17) is 10.2 Å². The van der Waals surface area contributed by atoms with E-state index in [2.05, 4.69) is 29.0 Å². The average molecular weight is 284 g/mol. The molecule has 2 unspecified atom stereocenters.